The molecule has 3 aliphatic rings. The minimum absolute atomic E-state index is 0.0711. The number of amides is 1. The number of rotatable bonds is 6. The number of carbonyl (C=O) groups excluding carboxylic acids is 1. The van der Waals surface area contributed by atoms with Crippen LogP contribution in [0.4, 0.5) is 11.6 Å². The Morgan fingerprint density at radius 2 is 1.97 bits per heavy atom. The van der Waals surface area contributed by atoms with Crippen LogP contribution in [0.1, 0.15) is 40.2 Å². The van der Waals surface area contributed by atoms with Crippen LogP contribution in [0, 0.1) is 0 Å². The highest BCUT2D eigenvalue weighted by molar-refractivity contribution is 5.96. The van der Waals surface area contributed by atoms with E-state index in [9.17, 15) is 9.90 Å². The summed E-state index contributed by atoms with van der Waals surface area (Å²) in [6.07, 6.45) is 8.01. The largest absolute Gasteiger partial charge is 0.395 e. The fourth-order valence-corrected chi connectivity index (χ4v) is 4.92. The number of aromatic nitrogens is 3. The molecule has 1 N–H and O–H groups in total. The zero-order valence-corrected chi connectivity index (χ0v) is 19.1. The van der Waals surface area contributed by atoms with Gasteiger partial charge in [0.2, 0.25) is 5.95 Å². The Balaban J connectivity index is 1.32. The van der Waals surface area contributed by atoms with Crippen LogP contribution in [0.15, 0.2) is 48.9 Å². The quantitative estimate of drug-likeness (QED) is 0.609. The van der Waals surface area contributed by atoms with E-state index in [0.717, 1.165) is 22.5 Å². The summed E-state index contributed by atoms with van der Waals surface area (Å²) < 4.78 is 5.58. The monoisotopic (exact) mass is 457 g/mol. The zero-order chi connectivity index (χ0) is 23.3. The highest BCUT2D eigenvalue weighted by Crippen LogP contribution is 2.48. The van der Waals surface area contributed by atoms with Gasteiger partial charge in [-0.05, 0) is 54.2 Å². The molecule has 2 fully saturated rings. The first-order chi connectivity index (χ1) is 16.6. The number of aliphatic hydroxyl groups excluding tert-OH is 1. The Labute approximate surface area is 198 Å². The Kier molecular flexibility index (Phi) is 5.08. The lowest BCUT2D eigenvalue weighted by molar-refractivity contribution is -0.0507. The first-order valence-corrected chi connectivity index (χ1v) is 11.7. The van der Waals surface area contributed by atoms with Crippen molar-refractivity contribution in [2.24, 2.45) is 0 Å². The third-order valence-electron chi connectivity index (χ3n) is 7.11. The van der Waals surface area contributed by atoms with E-state index in [4.69, 9.17) is 14.7 Å². The topological polar surface area (TPSA) is 91.7 Å². The number of fused-ring (bicyclic) bond motifs is 2. The van der Waals surface area contributed by atoms with Gasteiger partial charge in [-0.25, -0.2) is 9.97 Å². The maximum atomic E-state index is 12.8. The first kappa shape index (κ1) is 21.2. The van der Waals surface area contributed by atoms with Gasteiger partial charge in [0.1, 0.15) is 0 Å². The smallest absolute Gasteiger partial charge is 0.253 e. The van der Waals surface area contributed by atoms with Crippen LogP contribution >= 0.6 is 0 Å². The highest BCUT2D eigenvalue weighted by Gasteiger charge is 2.49. The summed E-state index contributed by atoms with van der Waals surface area (Å²) in [5.41, 5.74) is 5.69. The minimum Gasteiger partial charge on any atom is -0.395 e. The zero-order valence-electron chi connectivity index (χ0n) is 19.1. The lowest BCUT2D eigenvalue weighted by Gasteiger charge is -2.38. The SMILES string of the molecule is CN(CCO)C(=O)c1ccc2c(c1)N(c1ncc(-c3cc(C4CC4)ccn3)cn1)CC21COC1. The molecule has 2 aromatic heterocycles. The molecule has 0 radical (unpaired) electrons. The van der Waals surface area contributed by atoms with Crippen molar-refractivity contribution in [2.45, 2.75) is 24.2 Å². The van der Waals surface area contributed by atoms with Crippen LogP contribution in [-0.2, 0) is 10.2 Å². The fourth-order valence-electron chi connectivity index (χ4n) is 4.92. The van der Waals surface area contributed by atoms with E-state index >= 15 is 0 Å². The van der Waals surface area contributed by atoms with Gasteiger partial charge in [-0.2, -0.15) is 0 Å². The second kappa shape index (κ2) is 8.14. The molecule has 2 aliphatic heterocycles. The number of benzene rings is 1. The molecule has 0 bridgehead atoms. The van der Waals surface area contributed by atoms with Gasteiger partial charge in [-0.15, -0.1) is 0 Å². The van der Waals surface area contributed by atoms with Crippen LogP contribution in [-0.4, -0.2) is 70.8 Å². The Morgan fingerprint density at radius 3 is 2.65 bits per heavy atom. The minimum atomic E-state index is -0.125. The molecule has 0 atom stereocenters. The summed E-state index contributed by atoms with van der Waals surface area (Å²) >= 11 is 0. The molecule has 6 rings (SSSR count). The summed E-state index contributed by atoms with van der Waals surface area (Å²) in [5.74, 6) is 1.14. The van der Waals surface area contributed by atoms with E-state index in [2.05, 4.69) is 22.0 Å². The van der Waals surface area contributed by atoms with E-state index in [1.165, 1.54) is 23.3 Å². The van der Waals surface area contributed by atoms with E-state index in [0.29, 0.717) is 37.2 Å². The average Bonchev–Trinajstić information content (AvgIpc) is 3.64. The van der Waals surface area contributed by atoms with Crippen molar-refractivity contribution in [2.75, 3.05) is 44.9 Å². The number of aliphatic hydroxyl groups is 1. The molecule has 1 saturated carbocycles. The van der Waals surface area contributed by atoms with Crippen LogP contribution in [0.3, 0.4) is 0 Å². The normalized spacial score (nSPS) is 18.0. The van der Waals surface area contributed by atoms with Crippen molar-refractivity contribution in [1.29, 1.82) is 0 Å². The van der Waals surface area contributed by atoms with Crippen molar-refractivity contribution < 1.29 is 14.6 Å². The third kappa shape index (κ3) is 3.54. The first-order valence-electron chi connectivity index (χ1n) is 11.7. The maximum absolute atomic E-state index is 12.8. The number of hydrogen-bond acceptors (Lipinski definition) is 7. The van der Waals surface area contributed by atoms with Gasteiger partial charge >= 0.3 is 0 Å². The molecule has 0 unspecified atom stereocenters. The summed E-state index contributed by atoms with van der Waals surface area (Å²) in [7, 11) is 1.69. The molecule has 3 aromatic rings. The second-order valence-electron chi connectivity index (χ2n) is 9.56. The van der Waals surface area contributed by atoms with Crippen LogP contribution < -0.4 is 4.90 Å². The molecule has 1 spiro atoms. The number of anilines is 2. The van der Waals surface area contributed by atoms with Crippen molar-refractivity contribution in [3.05, 3.63) is 65.6 Å². The van der Waals surface area contributed by atoms with Gasteiger partial charge in [0.15, 0.2) is 0 Å². The van der Waals surface area contributed by atoms with Crippen molar-refractivity contribution in [1.82, 2.24) is 19.9 Å². The summed E-state index contributed by atoms with van der Waals surface area (Å²) in [5, 5.41) is 9.20. The second-order valence-corrected chi connectivity index (χ2v) is 9.56. The van der Waals surface area contributed by atoms with Crippen molar-refractivity contribution in [3.8, 4) is 11.3 Å². The Morgan fingerprint density at radius 1 is 1.18 bits per heavy atom. The van der Waals surface area contributed by atoms with Gasteiger partial charge < -0.3 is 19.6 Å². The number of likely N-dealkylation sites (N-methyl/N-ethyl adjacent to an activating group) is 1. The molecule has 1 amide bonds. The van der Waals surface area contributed by atoms with Crippen LogP contribution in [0.5, 0.6) is 0 Å². The van der Waals surface area contributed by atoms with Gasteiger partial charge in [0, 0.05) is 55.5 Å². The standard InChI is InChI=1S/C26H27N5O3/c1-30(8-9-32)24(33)19-4-5-21-23(11-19)31(14-26(21)15-34-16-26)25-28-12-20(13-29-25)22-10-18(6-7-27-22)17-2-3-17/h4-7,10-13,17,32H,2-3,8-9,14-16H2,1H3. The fraction of sp³-hybridized carbons (Fsp3) is 0.385. The van der Waals surface area contributed by atoms with Gasteiger partial charge in [-0.1, -0.05) is 6.07 Å². The summed E-state index contributed by atoms with van der Waals surface area (Å²) in [4.78, 5) is 30.4. The Bertz CT molecular complexity index is 1240. The number of ether oxygens (including phenoxy) is 1. The number of carbonyl (C=O) groups is 1. The summed E-state index contributed by atoms with van der Waals surface area (Å²) in [6, 6.07) is 10.0. The molecule has 34 heavy (non-hydrogen) atoms. The lowest BCUT2D eigenvalue weighted by Crippen LogP contribution is -2.49. The molecular weight excluding hydrogens is 430 g/mol. The number of hydrogen-bond donors (Lipinski definition) is 1. The molecule has 1 saturated heterocycles. The van der Waals surface area contributed by atoms with Crippen molar-refractivity contribution >= 4 is 17.5 Å². The van der Waals surface area contributed by atoms with E-state index in [-0.39, 0.29) is 24.5 Å². The predicted octanol–water partition coefficient (Wildman–Crippen LogP) is 2.90. The molecule has 1 aromatic carbocycles. The Hall–Kier alpha value is -3.36. The highest BCUT2D eigenvalue weighted by atomic mass is 16.5. The van der Waals surface area contributed by atoms with Crippen LogP contribution in [0.25, 0.3) is 11.3 Å². The number of nitrogens with zero attached hydrogens (tertiary/aromatic N) is 5. The maximum Gasteiger partial charge on any atom is 0.253 e. The molecule has 4 heterocycles. The summed E-state index contributed by atoms with van der Waals surface area (Å²) in [6.45, 7) is 2.21. The van der Waals surface area contributed by atoms with Crippen LogP contribution in [0.2, 0.25) is 0 Å². The lowest BCUT2D eigenvalue weighted by atomic mass is 9.80. The van der Waals surface area contributed by atoms with Gasteiger partial charge in [0.05, 0.1) is 30.9 Å². The molecule has 1 aliphatic carbocycles. The molecule has 174 valence electrons. The van der Waals surface area contributed by atoms with E-state index in [1.807, 2.05) is 36.8 Å². The third-order valence-corrected chi connectivity index (χ3v) is 7.11. The predicted molar refractivity (Wildman–Crippen MR) is 127 cm³/mol. The van der Waals surface area contributed by atoms with Gasteiger partial charge in [0.25, 0.3) is 5.91 Å². The van der Waals surface area contributed by atoms with Gasteiger partial charge in [-0.3, -0.25) is 9.78 Å². The molecular formula is C26H27N5O3. The van der Waals surface area contributed by atoms with Crippen molar-refractivity contribution in [3.63, 3.8) is 0 Å². The molecule has 8 nitrogen and oxygen atoms in total. The number of pyridine rings is 1. The average molecular weight is 458 g/mol. The van der Waals surface area contributed by atoms with E-state index in [1.54, 1.807) is 7.05 Å². The molecule has 8 heteroatoms. The van der Waals surface area contributed by atoms with E-state index < -0.39 is 0 Å².